The molecule has 0 aliphatic heterocycles. The molecule has 0 saturated heterocycles. The fraction of sp³-hybridized carbons (Fsp3) is 0.867. The quantitative estimate of drug-likeness (QED) is 0.666. The second-order valence-electron chi connectivity index (χ2n) is 6.21. The van der Waals surface area contributed by atoms with Crippen LogP contribution in [0.3, 0.4) is 0 Å². The van der Waals surface area contributed by atoms with Crippen LogP contribution in [0.4, 0.5) is 0 Å². The molecule has 0 radical (unpaired) electrons. The van der Waals surface area contributed by atoms with E-state index in [0.29, 0.717) is 16.7 Å². The third-order valence-electron chi connectivity index (χ3n) is 4.62. The Hall–Kier alpha value is -0.460. The second-order valence-corrected chi connectivity index (χ2v) is 6.21. The summed E-state index contributed by atoms with van der Waals surface area (Å²) in [6.07, 6.45) is 4.69. The molecule has 0 fully saturated rings. The number of hydrogen-bond acceptors (Lipinski definition) is 1. The lowest BCUT2D eigenvalue weighted by molar-refractivity contribution is 0.134. The summed E-state index contributed by atoms with van der Waals surface area (Å²) in [6, 6.07) is 0. The highest BCUT2D eigenvalue weighted by Gasteiger charge is 2.35. The molecule has 0 bridgehead atoms. The molecular formula is C15H31N. The lowest BCUT2D eigenvalue weighted by Crippen LogP contribution is -2.34. The van der Waals surface area contributed by atoms with E-state index >= 15 is 0 Å². The lowest BCUT2D eigenvalue weighted by atomic mass is 9.65. The third-order valence-corrected chi connectivity index (χ3v) is 4.62. The summed E-state index contributed by atoms with van der Waals surface area (Å²) in [5.41, 5.74) is 7.57. The van der Waals surface area contributed by atoms with E-state index in [0.717, 1.165) is 12.1 Å². The summed E-state index contributed by atoms with van der Waals surface area (Å²) in [5, 5.41) is 0. The molecule has 1 nitrogen and oxygen atoms in total. The van der Waals surface area contributed by atoms with Crippen LogP contribution in [-0.4, -0.2) is 0 Å². The lowest BCUT2D eigenvalue weighted by Gasteiger charge is -2.40. The van der Waals surface area contributed by atoms with Gasteiger partial charge in [-0.1, -0.05) is 67.4 Å². The van der Waals surface area contributed by atoms with E-state index in [1.54, 1.807) is 0 Å². The molecule has 16 heavy (non-hydrogen) atoms. The molecule has 0 saturated carbocycles. The van der Waals surface area contributed by atoms with Crippen molar-refractivity contribution in [2.45, 2.75) is 67.2 Å². The van der Waals surface area contributed by atoms with Crippen molar-refractivity contribution < 1.29 is 0 Å². The Balaban J connectivity index is 4.95. The van der Waals surface area contributed by atoms with Crippen LogP contribution in [0.15, 0.2) is 12.3 Å². The van der Waals surface area contributed by atoms with Gasteiger partial charge in [0.25, 0.3) is 0 Å². The number of rotatable bonds is 7. The van der Waals surface area contributed by atoms with Crippen LogP contribution < -0.4 is 5.73 Å². The monoisotopic (exact) mass is 225 g/mol. The summed E-state index contributed by atoms with van der Waals surface area (Å²) in [7, 11) is 0. The van der Waals surface area contributed by atoms with E-state index in [1.165, 1.54) is 19.3 Å². The van der Waals surface area contributed by atoms with Gasteiger partial charge in [-0.05, 0) is 17.3 Å². The van der Waals surface area contributed by atoms with Gasteiger partial charge in [-0.3, -0.25) is 0 Å². The molecule has 0 aromatic carbocycles. The fourth-order valence-corrected chi connectivity index (χ4v) is 2.26. The Kier molecular flexibility index (Phi) is 5.58. The van der Waals surface area contributed by atoms with Gasteiger partial charge in [-0.2, -0.15) is 0 Å². The number of allylic oxidation sites excluding steroid dienone is 1. The first-order chi connectivity index (χ1) is 7.22. The Morgan fingerprint density at radius 1 is 1.06 bits per heavy atom. The summed E-state index contributed by atoms with van der Waals surface area (Å²) in [5.74, 6) is 0.442. The van der Waals surface area contributed by atoms with Crippen LogP contribution in [0.1, 0.15) is 67.2 Å². The van der Waals surface area contributed by atoms with Crippen LogP contribution in [-0.2, 0) is 0 Å². The van der Waals surface area contributed by atoms with Crippen molar-refractivity contribution in [2.24, 2.45) is 22.5 Å². The molecule has 0 aliphatic rings. The van der Waals surface area contributed by atoms with E-state index in [-0.39, 0.29) is 0 Å². The minimum Gasteiger partial charge on any atom is -0.402 e. The Morgan fingerprint density at radius 2 is 1.50 bits per heavy atom. The van der Waals surface area contributed by atoms with E-state index < -0.39 is 0 Å². The van der Waals surface area contributed by atoms with Crippen molar-refractivity contribution in [3.63, 3.8) is 0 Å². The van der Waals surface area contributed by atoms with Crippen LogP contribution in [0.25, 0.3) is 0 Å². The van der Waals surface area contributed by atoms with Gasteiger partial charge in [-0.25, -0.2) is 0 Å². The van der Waals surface area contributed by atoms with Gasteiger partial charge in [0.05, 0.1) is 0 Å². The van der Waals surface area contributed by atoms with Crippen LogP contribution >= 0.6 is 0 Å². The van der Waals surface area contributed by atoms with E-state index in [9.17, 15) is 0 Å². The topological polar surface area (TPSA) is 26.0 Å². The first-order valence-corrected chi connectivity index (χ1v) is 6.66. The maximum Gasteiger partial charge on any atom is 0.00447 e. The zero-order chi connectivity index (χ0) is 13.0. The highest BCUT2D eigenvalue weighted by molar-refractivity contribution is 5.03. The normalized spacial score (nSPS) is 14.9. The average molecular weight is 225 g/mol. The standard InChI is InChI=1S/C15H31N/c1-8-14(5,6)11-13(12(4)16)15(7,9-2)10-3/h13H,4,8-11,16H2,1-3,5-7H3. The molecule has 0 rings (SSSR count). The summed E-state index contributed by atoms with van der Waals surface area (Å²) < 4.78 is 0. The van der Waals surface area contributed by atoms with Crippen molar-refractivity contribution in [3.8, 4) is 0 Å². The molecule has 0 aromatic heterocycles. The average Bonchev–Trinajstić information content (AvgIpc) is 2.24. The van der Waals surface area contributed by atoms with Crippen molar-refractivity contribution >= 4 is 0 Å². The SMILES string of the molecule is C=C(N)C(CC(C)(C)CC)C(C)(CC)CC. The molecule has 1 atom stereocenters. The smallest absolute Gasteiger partial charge is 0.00447 e. The third kappa shape index (κ3) is 3.84. The first-order valence-electron chi connectivity index (χ1n) is 6.66. The zero-order valence-electron chi connectivity index (χ0n) is 12.2. The van der Waals surface area contributed by atoms with Gasteiger partial charge < -0.3 is 5.73 Å². The van der Waals surface area contributed by atoms with Gasteiger partial charge in [0.1, 0.15) is 0 Å². The Labute approximate surface area is 102 Å². The second kappa shape index (κ2) is 5.75. The van der Waals surface area contributed by atoms with Gasteiger partial charge in [0.2, 0.25) is 0 Å². The molecule has 0 amide bonds. The highest BCUT2D eigenvalue weighted by atomic mass is 14.6. The molecule has 0 heterocycles. The van der Waals surface area contributed by atoms with E-state index in [4.69, 9.17) is 5.73 Å². The van der Waals surface area contributed by atoms with Crippen LogP contribution in [0.5, 0.6) is 0 Å². The summed E-state index contributed by atoms with van der Waals surface area (Å²) >= 11 is 0. The molecular weight excluding hydrogens is 194 g/mol. The first kappa shape index (κ1) is 15.5. The van der Waals surface area contributed by atoms with Crippen molar-refractivity contribution in [2.75, 3.05) is 0 Å². The molecule has 0 aliphatic carbocycles. The van der Waals surface area contributed by atoms with E-state index in [1.807, 2.05) is 0 Å². The largest absolute Gasteiger partial charge is 0.402 e. The van der Waals surface area contributed by atoms with Crippen molar-refractivity contribution in [1.82, 2.24) is 0 Å². The van der Waals surface area contributed by atoms with Gasteiger partial charge in [0.15, 0.2) is 0 Å². The maximum absolute atomic E-state index is 6.04. The fourth-order valence-electron chi connectivity index (χ4n) is 2.26. The predicted molar refractivity (Wildman–Crippen MR) is 74.2 cm³/mol. The summed E-state index contributed by atoms with van der Waals surface area (Å²) in [6.45, 7) is 17.8. The minimum absolute atomic E-state index is 0.304. The van der Waals surface area contributed by atoms with Gasteiger partial charge in [-0.15, -0.1) is 0 Å². The van der Waals surface area contributed by atoms with Crippen molar-refractivity contribution in [1.29, 1.82) is 0 Å². The maximum atomic E-state index is 6.04. The highest BCUT2D eigenvalue weighted by Crippen LogP contribution is 2.44. The zero-order valence-corrected chi connectivity index (χ0v) is 12.2. The molecule has 2 N–H and O–H groups in total. The molecule has 0 aromatic rings. The number of nitrogens with two attached hydrogens (primary N) is 1. The molecule has 96 valence electrons. The number of hydrogen-bond donors (Lipinski definition) is 1. The van der Waals surface area contributed by atoms with Crippen molar-refractivity contribution in [3.05, 3.63) is 12.3 Å². The van der Waals surface area contributed by atoms with E-state index in [2.05, 4.69) is 48.1 Å². The van der Waals surface area contributed by atoms with Gasteiger partial charge in [0, 0.05) is 11.6 Å². The Bertz CT molecular complexity index is 224. The molecule has 1 heteroatoms. The van der Waals surface area contributed by atoms with Crippen LogP contribution in [0.2, 0.25) is 0 Å². The molecule has 1 unspecified atom stereocenters. The molecule has 0 spiro atoms. The Morgan fingerprint density at radius 3 is 1.75 bits per heavy atom. The van der Waals surface area contributed by atoms with Crippen LogP contribution in [0, 0.1) is 16.7 Å². The van der Waals surface area contributed by atoms with Gasteiger partial charge >= 0.3 is 0 Å². The predicted octanol–water partition coefficient (Wildman–Crippen LogP) is 4.73. The minimum atomic E-state index is 0.304. The summed E-state index contributed by atoms with van der Waals surface area (Å²) in [4.78, 5) is 0.